The zero-order chi connectivity index (χ0) is 22.2. The van der Waals surface area contributed by atoms with Gasteiger partial charge in [-0.15, -0.1) is 0 Å². The molecule has 1 amide bonds. The van der Waals surface area contributed by atoms with Crippen molar-refractivity contribution in [3.8, 4) is 11.5 Å². The number of halogens is 2. The van der Waals surface area contributed by atoms with Gasteiger partial charge in [0.1, 0.15) is 12.1 Å². The predicted molar refractivity (Wildman–Crippen MR) is 123 cm³/mol. The Morgan fingerprint density at radius 2 is 1.81 bits per heavy atom. The summed E-state index contributed by atoms with van der Waals surface area (Å²) in [7, 11) is 0. The Balaban J connectivity index is 1.58. The van der Waals surface area contributed by atoms with E-state index in [0.717, 1.165) is 5.69 Å². The average Bonchev–Trinajstić information content (AvgIpc) is 3.39. The van der Waals surface area contributed by atoms with Crippen LogP contribution in [0.3, 0.4) is 0 Å². The second kappa shape index (κ2) is 8.07. The van der Waals surface area contributed by atoms with Crippen LogP contribution in [-0.2, 0) is 0 Å². The first-order valence-corrected chi connectivity index (χ1v) is 10.3. The average molecular weight is 464 g/mol. The minimum Gasteiger partial charge on any atom is -0.306 e. The van der Waals surface area contributed by atoms with Crippen LogP contribution in [0, 0.1) is 6.92 Å². The second-order valence-corrected chi connectivity index (χ2v) is 7.83. The summed E-state index contributed by atoms with van der Waals surface area (Å²) in [6, 6.07) is 16.1. The number of amides is 1. The molecule has 0 bridgehead atoms. The van der Waals surface area contributed by atoms with Crippen LogP contribution in [0.15, 0.2) is 67.1 Å². The molecule has 158 valence electrons. The van der Waals surface area contributed by atoms with Gasteiger partial charge in [0, 0.05) is 11.1 Å². The van der Waals surface area contributed by atoms with Crippen LogP contribution in [-0.4, -0.2) is 35.4 Å². The molecule has 5 rings (SSSR count). The van der Waals surface area contributed by atoms with E-state index in [1.54, 1.807) is 33.8 Å². The van der Waals surface area contributed by atoms with Crippen LogP contribution in [0.4, 0.5) is 5.82 Å². The molecule has 3 aromatic heterocycles. The van der Waals surface area contributed by atoms with Crippen LogP contribution in [0.2, 0.25) is 10.0 Å². The molecule has 10 heteroatoms. The minimum atomic E-state index is -0.413. The van der Waals surface area contributed by atoms with Gasteiger partial charge in [-0.05, 0) is 37.3 Å². The number of para-hydroxylation sites is 1. The van der Waals surface area contributed by atoms with Gasteiger partial charge in [0.2, 0.25) is 0 Å². The van der Waals surface area contributed by atoms with E-state index in [1.807, 2.05) is 37.3 Å². The number of nitrogens with one attached hydrogen (secondary N) is 1. The molecule has 0 spiro atoms. The van der Waals surface area contributed by atoms with Gasteiger partial charge in [0.05, 0.1) is 33.6 Å². The Kier molecular flexibility index (Phi) is 5.08. The summed E-state index contributed by atoms with van der Waals surface area (Å²) < 4.78 is 3.27. The van der Waals surface area contributed by atoms with Crippen LogP contribution in [0.1, 0.15) is 16.1 Å². The topological polar surface area (TPSA) is 90.5 Å². The normalized spacial score (nSPS) is 11.1. The van der Waals surface area contributed by atoms with Gasteiger partial charge in [-0.1, -0.05) is 41.4 Å². The largest absolute Gasteiger partial charge is 0.306 e. The van der Waals surface area contributed by atoms with Crippen molar-refractivity contribution in [2.45, 2.75) is 6.92 Å². The Hall–Kier alpha value is -3.75. The van der Waals surface area contributed by atoms with E-state index in [1.165, 1.54) is 12.4 Å². The quantitative estimate of drug-likeness (QED) is 0.410. The lowest BCUT2D eigenvalue weighted by Crippen LogP contribution is -2.16. The number of rotatable bonds is 4. The summed E-state index contributed by atoms with van der Waals surface area (Å²) in [5.74, 6) is 0.498. The lowest BCUT2D eigenvalue weighted by molar-refractivity contribution is 0.102. The van der Waals surface area contributed by atoms with E-state index in [4.69, 9.17) is 23.2 Å². The molecule has 0 aliphatic heterocycles. The molecule has 1 N–H and O–H groups in total. The van der Waals surface area contributed by atoms with Gasteiger partial charge in [0.25, 0.3) is 5.91 Å². The van der Waals surface area contributed by atoms with E-state index in [2.05, 4.69) is 25.5 Å². The van der Waals surface area contributed by atoms with E-state index in [0.29, 0.717) is 38.4 Å². The van der Waals surface area contributed by atoms with Crippen molar-refractivity contribution < 1.29 is 4.79 Å². The third kappa shape index (κ3) is 3.59. The van der Waals surface area contributed by atoms with Crippen LogP contribution >= 0.6 is 23.2 Å². The number of nitrogens with zero attached hydrogens (tertiary/aromatic N) is 6. The van der Waals surface area contributed by atoms with Gasteiger partial charge in [-0.25, -0.2) is 14.6 Å². The molecule has 0 unspecified atom stereocenters. The van der Waals surface area contributed by atoms with Crippen molar-refractivity contribution in [3.63, 3.8) is 0 Å². The van der Waals surface area contributed by atoms with Crippen molar-refractivity contribution in [2.75, 3.05) is 5.32 Å². The maximum Gasteiger partial charge on any atom is 0.258 e. The molecule has 5 aromatic rings. The summed E-state index contributed by atoms with van der Waals surface area (Å²) in [4.78, 5) is 21.7. The maximum atomic E-state index is 12.9. The predicted octanol–water partition coefficient (Wildman–Crippen LogP) is 4.87. The molecule has 0 saturated carbocycles. The van der Waals surface area contributed by atoms with Crippen LogP contribution in [0.25, 0.3) is 22.5 Å². The molecule has 0 atom stereocenters. The SMILES string of the molecule is Cc1cc(NC(=O)c2cc(Cl)ccc2Cl)n(-c2ncnc3c2cnn3-c2ccccc2)n1. The zero-order valence-corrected chi connectivity index (χ0v) is 18.2. The Morgan fingerprint density at radius 3 is 2.62 bits per heavy atom. The molecule has 2 aromatic carbocycles. The van der Waals surface area contributed by atoms with E-state index < -0.39 is 5.91 Å². The number of aryl methyl sites for hydroxylation is 1. The number of hydrogen-bond acceptors (Lipinski definition) is 5. The highest BCUT2D eigenvalue weighted by atomic mass is 35.5. The van der Waals surface area contributed by atoms with Crippen molar-refractivity contribution in [2.24, 2.45) is 0 Å². The Bertz CT molecular complexity index is 1460. The van der Waals surface area contributed by atoms with Crippen molar-refractivity contribution in [1.29, 1.82) is 0 Å². The molecular formula is C22H15Cl2N7O. The Morgan fingerprint density at radius 1 is 1.00 bits per heavy atom. The molecule has 0 saturated heterocycles. The molecule has 8 nitrogen and oxygen atoms in total. The molecule has 0 aliphatic rings. The minimum absolute atomic E-state index is 0.259. The number of carbonyl (C=O) groups is 1. The van der Waals surface area contributed by atoms with Crippen LogP contribution < -0.4 is 5.32 Å². The highest BCUT2D eigenvalue weighted by Crippen LogP contribution is 2.26. The van der Waals surface area contributed by atoms with Crippen molar-refractivity contribution in [1.82, 2.24) is 29.5 Å². The smallest absolute Gasteiger partial charge is 0.258 e. The van der Waals surface area contributed by atoms with Gasteiger partial charge >= 0.3 is 0 Å². The van der Waals surface area contributed by atoms with Crippen molar-refractivity contribution in [3.05, 3.63) is 88.4 Å². The van der Waals surface area contributed by atoms with Gasteiger partial charge in [-0.2, -0.15) is 14.9 Å². The summed E-state index contributed by atoms with van der Waals surface area (Å²) in [6.07, 6.45) is 3.11. The number of benzene rings is 2. The number of anilines is 1. The number of aromatic nitrogens is 6. The second-order valence-electron chi connectivity index (χ2n) is 6.99. The van der Waals surface area contributed by atoms with E-state index in [-0.39, 0.29) is 5.56 Å². The summed E-state index contributed by atoms with van der Waals surface area (Å²) >= 11 is 12.2. The third-order valence-corrected chi connectivity index (χ3v) is 5.36. The van der Waals surface area contributed by atoms with Crippen molar-refractivity contribution >= 4 is 46.0 Å². The lowest BCUT2D eigenvalue weighted by atomic mass is 10.2. The lowest BCUT2D eigenvalue weighted by Gasteiger charge is -2.10. The number of hydrogen-bond donors (Lipinski definition) is 1. The monoisotopic (exact) mass is 463 g/mol. The fourth-order valence-corrected chi connectivity index (χ4v) is 3.74. The first-order valence-electron chi connectivity index (χ1n) is 9.59. The van der Waals surface area contributed by atoms with Gasteiger partial charge < -0.3 is 5.32 Å². The molecule has 0 radical (unpaired) electrons. The summed E-state index contributed by atoms with van der Waals surface area (Å²) in [6.45, 7) is 1.82. The molecule has 0 aliphatic carbocycles. The molecular weight excluding hydrogens is 449 g/mol. The summed E-state index contributed by atoms with van der Waals surface area (Å²) in [5.41, 5.74) is 2.44. The number of carbonyl (C=O) groups excluding carboxylic acids is 1. The summed E-state index contributed by atoms with van der Waals surface area (Å²) in [5, 5.41) is 13.2. The highest BCUT2D eigenvalue weighted by Gasteiger charge is 2.19. The fourth-order valence-electron chi connectivity index (χ4n) is 3.36. The highest BCUT2D eigenvalue weighted by molar-refractivity contribution is 6.36. The standard InChI is InChI=1S/C22H15Cl2N7O/c1-13-9-19(28-22(32)16-10-14(23)7-8-18(16)24)31(29-13)21-17-11-27-30(20(17)25-12-26-21)15-5-3-2-4-6-15/h2-12H,1H3,(H,28,32). The first-order chi connectivity index (χ1) is 15.5. The fraction of sp³-hybridized carbons (Fsp3) is 0.0455. The van der Waals surface area contributed by atoms with E-state index >= 15 is 0 Å². The third-order valence-electron chi connectivity index (χ3n) is 4.79. The molecule has 3 heterocycles. The molecule has 0 fully saturated rings. The van der Waals surface area contributed by atoms with Gasteiger partial charge in [-0.3, -0.25) is 4.79 Å². The number of fused-ring (bicyclic) bond motifs is 1. The Labute approximate surface area is 192 Å². The first kappa shape index (κ1) is 20.2. The van der Waals surface area contributed by atoms with E-state index in [9.17, 15) is 4.79 Å². The zero-order valence-electron chi connectivity index (χ0n) is 16.7. The van der Waals surface area contributed by atoms with Crippen LogP contribution in [0.5, 0.6) is 0 Å². The van der Waals surface area contributed by atoms with Gasteiger partial charge in [0.15, 0.2) is 11.5 Å². The molecule has 32 heavy (non-hydrogen) atoms. The maximum absolute atomic E-state index is 12.9.